The zero-order chi connectivity index (χ0) is 18.9. The number of hydrogen-bond acceptors (Lipinski definition) is 3. The first-order chi connectivity index (χ1) is 12.5. The maximum absolute atomic E-state index is 10.4. The fraction of sp³-hybridized carbons (Fsp3) is 0.826. The van der Waals surface area contributed by atoms with Gasteiger partial charge in [-0.3, -0.25) is 0 Å². The van der Waals surface area contributed by atoms with Crippen LogP contribution >= 0.6 is 0 Å². The third kappa shape index (κ3) is 6.83. The van der Waals surface area contributed by atoms with Gasteiger partial charge in [-0.15, -0.1) is 0 Å². The van der Waals surface area contributed by atoms with E-state index in [1.165, 1.54) is 45.1 Å². The van der Waals surface area contributed by atoms with Crippen molar-refractivity contribution in [2.24, 2.45) is 17.8 Å². The Bertz CT molecular complexity index is 457. The minimum absolute atomic E-state index is 0.225. The molecule has 3 nitrogen and oxygen atoms in total. The fourth-order valence-electron chi connectivity index (χ4n) is 4.70. The van der Waals surface area contributed by atoms with Gasteiger partial charge in [0.1, 0.15) is 0 Å². The van der Waals surface area contributed by atoms with Gasteiger partial charge in [-0.05, 0) is 71.0 Å². The molecule has 3 heteroatoms. The van der Waals surface area contributed by atoms with E-state index in [4.69, 9.17) is 0 Å². The highest BCUT2D eigenvalue weighted by Gasteiger charge is 2.43. The van der Waals surface area contributed by atoms with Crippen molar-refractivity contribution >= 4 is 0 Å². The number of rotatable bonds is 12. The lowest BCUT2D eigenvalue weighted by atomic mass is 9.88. The van der Waals surface area contributed by atoms with Gasteiger partial charge in [0.25, 0.3) is 0 Å². The Morgan fingerprint density at radius 1 is 1.19 bits per heavy atom. The van der Waals surface area contributed by atoms with Gasteiger partial charge in [0.05, 0.1) is 12.2 Å². The lowest BCUT2D eigenvalue weighted by molar-refractivity contribution is 0.139. The van der Waals surface area contributed by atoms with Gasteiger partial charge in [-0.25, -0.2) is 0 Å². The van der Waals surface area contributed by atoms with Crippen LogP contribution in [0.3, 0.4) is 0 Å². The first kappa shape index (κ1) is 21.7. The molecule has 0 heterocycles. The van der Waals surface area contributed by atoms with Crippen LogP contribution in [0.4, 0.5) is 0 Å². The normalized spacial score (nSPS) is 29.5. The summed E-state index contributed by atoms with van der Waals surface area (Å²) >= 11 is 0. The smallest absolute Gasteiger partial charge is 0.0721 e. The molecule has 0 unspecified atom stereocenters. The first-order valence-electron chi connectivity index (χ1n) is 10.9. The van der Waals surface area contributed by atoms with Gasteiger partial charge in [0.15, 0.2) is 0 Å². The largest absolute Gasteiger partial charge is 0.392 e. The molecule has 5 atom stereocenters. The van der Waals surface area contributed by atoms with Crippen LogP contribution in [0, 0.1) is 17.8 Å². The van der Waals surface area contributed by atoms with Crippen LogP contribution in [0.5, 0.6) is 0 Å². The predicted octanol–water partition coefficient (Wildman–Crippen LogP) is 4.55. The van der Waals surface area contributed by atoms with Crippen molar-refractivity contribution in [1.82, 2.24) is 4.90 Å². The summed E-state index contributed by atoms with van der Waals surface area (Å²) in [5.41, 5.74) is 1.61. The van der Waals surface area contributed by atoms with Crippen molar-refractivity contribution < 1.29 is 10.2 Å². The number of aliphatic hydroxyl groups excluding tert-OH is 2. The summed E-state index contributed by atoms with van der Waals surface area (Å²) in [7, 11) is 4.28. The second-order valence-corrected chi connectivity index (χ2v) is 8.80. The molecule has 0 radical (unpaired) electrons. The first-order valence-corrected chi connectivity index (χ1v) is 10.9. The van der Waals surface area contributed by atoms with Crippen molar-refractivity contribution in [2.75, 3.05) is 20.6 Å². The van der Waals surface area contributed by atoms with Crippen LogP contribution in [0.15, 0.2) is 23.8 Å². The highest BCUT2D eigenvalue weighted by molar-refractivity contribution is 5.20. The Morgan fingerprint density at radius 3 is 2.73 bits per heavy atom. The average molecular weight is 364 g/mol. The minimum atomic E-state index is -0.349. The molecule has 0 aliphatic heterocycles. The minimum Gasteiger partial charge on any atom is -0.392 e. The highest BCUT2D eigenvalue weighted by Crippen LogP contribution is 2.48. The van der Waals surface area contributed by atoms with Gasteiger partial charge in [0, 0.05) is 5.92 Å². The molecule has 150 valence electrons. The number of allylic oxidation sites excluding steroid dienone is 2. The van der Waals surface area contributed by atoms with Gasteiger partial charge in [-0.1, -0.05) is 56.4 Å². The molecule has 0 amide bonds. The SMILES string of the molecule is CCCCC[C@@H](O)C=C[C@@H]1[C@H]2CC(CCCCCN(C)C)=C[C@H]2C[C@H]1O. The van der Waals surface area contributed by atoms with Crippen LogP contribution in [-0.2, 0) is 0 Å². The van der Waals surface area contributed by atoms with E-state index in [1.54, 1.807) is 5.57 Å². The molecule has 1 fully saturated rings. The third-order valence-electron chi connectivity index (χ3n) is 6.21. The van der Waals surface area contributed by atoms with Gasteiger partial charge >= 0.3 is 0 Å². The van der Waals surface area contributed by atoms with E-state index in [2.05, 4.69) is 38.1 Å². The van der Waals surface area contributed by atoms with Crippen LogP contribution in [0.1, 0.15) is 71.1 Å². The molecular formula is C23H41NO2. The summed E-state index contributed by atoms with van der Waals surface area (Å²) in [6.45, 7) is 3.37. The molecule has 0 spiro atoms. The number of aliphatic hydroxyl groups is 2. The number of nitrogens with zero attached hydrogens (tertiary/aromatic N) is 1. The molecule has 2 aliphatic rings. The quantitative estimate of drug-likeness (QED) is 0.395. The van der Waals surface area contributed by atoms with Crippen LogP contribution in [0.25, 0.3) is 0 Å². The topological polar surface area (TPSA) is 43.7 Å². The Hall–Kier alpha value is -0.640. The highest BCUT2D eigenvalue weighted by atomic mass is 16.3. The maximum atomic E-state index is 10.4. The summed E-state index contributed by atoms with van der Waals surface area (Å²) < 4.78 is 0. The lowest BCUT2D eigenvalue weighted by Crippen LogP contribution is -2.18. The van der Waals surface area contributed by atoms with E-state index in [0.717, 1.165) is 25.7 Å². The van der Waals surface area contributed by atoms with E-state index in [9.17, 15) is 10.2 Å². The molecule has 0 bridgehead atoms. The molecule has 2 N–H and O–H groups in total. The lowest BCUT2D eigenvalue weighted by Gasteiger charge is -2.19. The van der Waals surface area contributed by atoms with Crippen LogP contribution in [0.2, 0.25) is 0 Å². The van der Waals surface area contributed by atoms with Crippen molar-refractivity contribution in [3.05, 3.63) is 23.8 Å². The predicted molar refractivity (Wildman–Crippen MR) is 110 cm³/mol. The van der Waals surface area contributed by atoms with Crippen molar-refractivity contribution in [1.29, 1.82) is 0 Å². The van der Waals surface area contributed by atoms with E-state index in [-0.39, 0.29) is 18.1 Å². The molecular weight excluding hydrogens is 322 g/mol. The molecule has 0 aromatic heterocycles. The van der Waals surface area contributed by atoms with Crippen LogP contribution in [-0.4, -0.2) is 48.0 Å². The number of fused-ring (bicyclic) bond motifs is 1. The summed E-state index contributed by atoms with van der Waals surface area (Å²) in [4.78, 5) is 2.26. The molecule has 2 aliphatic carbocycles. The molecule has 0 saturated heterocycles. The Kier molecular flexibility index (Phi) is 9.38. The molecule has 26 heavy (non-hydrogen) atoms. The van der Waals surface area contributed by atoms with Gasteiger partial charge in [-0.2, -0.15) is 0 Å². The second-order valence-electron chi connectivity index (χ2n) is 8.80. The standard InChI is InChI=1S/C23H41NO2/c1-4-5-7-11-20(25)12-13-21-22-16-18(15-19(22)17-23(21)26)10-8-6-9-14-24(2)3/h12-13,15,19-23,25-26H,4-11,14,16-17H2,1-3H3/t19-,20+,21+,22-,23+/m0/s1. The Balaban J connectivity index is 1.74. The van der Waals surface area contributed by atoms with Crippen LogP contribution < -0.4 is 0 Å². The van der Waals surface area contributed by atoms with E-state index in [1.807, 2.05) is 6.08 Å². The molecule has 2 rings (SSSR count). The summed E-state index contributed by atoms with van der Waals surface area (Å²) in [6.07, 6.45) is 17.4. The summed E-state index contributed by atoms with van der Waals surface area (Å²) in [5.74, 6) is 1.33. The van der Waals surface area contributed by atoms with Gasteiger partial charge < -0.3 is 15.1 Å². The van der Waals surface area contributed by atoms with E-state index in [0.29, 0.717) is 11.8 Å². The summed E-state index contributed by atoms with van der Waals surface area (Å²) in [5, 5.41) is 20.6. The van der Waals surface area contributed by atoms with E-state index >= 15 is 0 Å². The zero-order valence-corrected chi connectivity index (χ0v) is 17.2. The summed E-state index contributed by atoms with van der Waals surface area (Å²) in [6, 6.07) is 0. The Labute approximate surface area is 161 Å². The maximum Gasteiger partial charge on any atom is 0.0721 e. The third-order valence-corrected chi connectivity index (χ3v) is 6.21. The van der Waals surface area contributed by atoms with Crippen molar-refractivity contribution in [3.63, 3.8) is 0 Å². The second kappa shape index (κ2) is 11.3. The Morgan fingerprint density at radius 2 is 2.00 bits per heavy atom. The number of unbranched alkanes of at least 4 members (excludes halogenated alkanes) is 4. The number of hydrogen-bond donors (Lipinski definition) is 2. The zero-order valence-electron chi connectivity index (χ0n) is 17.2. The van der Waals surface area contributed by atoms with Crippen molar-refractivity contribution in [2.45, 2.75) is 83.3 Å². The molecule has 1 saturated carbocycles. The molecule has 0 aromatic carbocycles. The van der Waals surface area contributed by atoms with Gasteiger partial charge in [0.2, 0.25) is 0 Å². The average Bonchev–Trinajstić information content (AvgIpc) is 3.09. The molecule has 0 aromatic rings. The monoisotopic (exact) mass is 363 g/mol. The van der Waals surface area contributed by atoms with E-state index < -0.39 is 0 Å². The fourth-order valence-corrected chi connectivity index (χ4v) is 4.70. The van der Waals surface area contributed by atoms with Crippen molar-refractivity contribution in [3.8, 4) is 0 Å².